The van der Waals surface area contributed by atoms with E-state index in [4.69, 9.17) is 9.94 Å². The number of thiophene rings is 1. The minimum absolute atomic E-state index is 0.370. The summed E-state index contributed by atoms with van der Waals surface area (Å²) in [6.07, 6.45) is 0. The number of ether oxygens (including phenoxy) is 1. The zero-order chi connectivity index (χ0) is 8.27. The Morgan fingerprint density at radius 3 is 3.09 bits per heavy atom. The molecular formula is C6H7NO3S. The van der Waals surface area contributed by atoms with E-state index in [1.165, 1.54) is 23.9 Å². The van der Waals surface area contributed by atoms with Crippen molar-refractivity contribution in [3.63, 3.8) is 0 Å². The number of hydrogen-bond donors (Lipinski definition) is 2. The molecular weight excluding hydrogens is 166 g/mol. The molecule has 0 fully saturated rings. The summed E-state index contributed by atoms with van der Waals surface area (Å²) in [5.74, 6) is -0.0709. The van der Waals surface area contributed by atoms with Crippen LogP contribution in [0.4, 0.5) is 0 Å². The number of methoxy groups -OCH3 is 1. The number of hydrogen-bond acceptors (Lipinski definition) is 4. The summed E-state index contributed by atoms with van der Waals surface area (Å²) < 4.78 is 4.85. The van der Waals surface area contributed by atoms with Crippen molar-refractivity contribution in [1.82, 2.24) is 5.48 Å². The van der Waals surface area contributed by atoms with Crippen LogP contribution in [0.2, 0.25) is 0 Å². The summed E-state index contributed by atoms with van der Waals surface area (Å²) in [6, 6.07) is 1.66. The first kappa shape index (κ1) is 8.03. The van der Waals surface area contributed by atoms with Crippen LogP contribution in [0.25, 0.3) is 0 Å². The Hall–Kier alpha value is -1.07. The number of carbonyl (C=O) groups excluding carboxylic acids is 1. The van der Waals surface area contributed by atoms with E-state index in [-0.39, 0.29) is 0 Å². The van der Waals surface area contributed by atoms with Gasteiger partial charge in [-0.3, -0.25) is 10.0 Å². The third kappa shape index (κ3) is 1.50. The molecule has 0 saturated heterocycles. The lowest BCUT2D eigenvalue weighted by atomic mass is 10.4. The normalized spacial score (nSPS) is 9.27. The summed E-state index contributed by atoms with van der Waals surface area (Å²) in [4.78, 5) is 11.2. The van der Waals surface area contributed by atoms with Crippen molar-refractivity contribution in [3.05, 3.63) is 16.3 Å². The molecule has 1 amide bonds. The highest BCUT2D eigenvalue weighted by atomic mass is 32.1. The third-order valence-corrected chi connectivity index (χ3v) is 2.05. The Bertz CT molecular complexity index is 258. The summed E-state index contributed by atoms with van der Waals surface area (Å²) >= 11 is 1.21. The van der Waals surface area contributed by atoms with Crippen LogP contribution < -0.4 is 10.2 Å². The lowest BCUT2D eigenvalue weighted by Gasteiger charge is -1.98. The molecule has 4 nitrogen and oxygen atoms in total. The molecule has 1 rings (SSSR count). The second-order valence-corrected chi connectivity index (χ2v) is 2.68. The molecule has 1 aromatic rings. The summed E-state index contributed by atoms with van der Waals surface area (Å²) in [5.41, 5.74) is 1.53. The Morgan fingerprint density at radius 1 is 1.82 bits per heavy atom. The number of hydroxylamine groups is 1. The topological polar surface area (TPSA) is 58.6 Å². The van der Waals surface area contributed by atoms with Gasteiger partial charge >= 0.3 is 0 Å². The van der Waals surface area contributed by atoms with E-state index in [2.05, 4.69) is 0 Å². The van der Waals surface area contributed by atoms with Gasteiger partial charge in [0.15, 0.2) is 0 Å². The smallest absolute Gasteiger partial charge is 0.288 e. The predicted octanol–water partition coefficient (Wildman–Crippen LogP) is 0.876. The molecule has 1 heterocycles. The van der Waals surface area contributed by atoms with Gasteiger partial charge in [0, 0.05) is 0 Å². The maximum atomic E-state index is 10.8. The zero-order valence-electron chi connectivity index (χ0n) is 5.83. The average Bonchev–Trinajstić information content (AvgIpc) is 2.50. The molecule has 0 saturated carbocycles. The Kier molecular flexibility index (Phi) is 2.45. The molecule has 0 aliphatic rings. The van der Waals surface area contributed by atoms with Crippen molar-refractivity contribution < 1.29 is 14.7 Å². The predicted molar refractivity (Wildman–Crippen MR) is 40.1 cm³/mol. The van der Waals surface area contributed by atoms with Crippen LogP contribution in [-0.4, -0.2) is 18.2 Å². The van der Waals surface area contributed by atoms with Crippen molar-refractivity contribution in [3.8, 4) is 5.75 Å². The van der Waals surface area contributed by atoms with Crippen LogP contribution in [0, 0.1) is 0 Å². The number of amides is 1. The maximum Gasteiger partial charge on any atom is 0.288 e. The molecule has 2 N–H and O–H groups in total. The van der Waals surface area contributed by atoms with Gasteiger partial charge in [-0.1, -0.05) is 0 Å². The van der Waals surface area contributed by atoms with Crippen molar-refractivity contribution >= 4 is 17.2 Å². The molecule has 0 spiro atoms. The molecule has 11 heavy (non-hydrogen) atoms. The fourth-order valence-electron chi connectivity index (χ4n) is 0.675. The molecule has 0 radical (unpaired) electrons. The second-order valence-electron chi connectivity index (χ2n) is 1.76. The minimum Gasteiger partial charge on any atom is -0.495 e. The van der Waals surface area contributed by atoms with Crippen molar-refractivity contribution in [2.24, 2.45) is 0 Å². The summed E-state index contributed by atoms with van der Waals surface area (Å²) in [5, 5.41) is 9.99. The van der Waals surface area contributed by atoms with E-state index in [1.54, 1.807) is 11.4 Å². The largest absolute Gasteiger partial charge is 0.495 e. The van der Waals surface area contributed by atoms with E-state index >= 15 is 0 Å². The van der Waals surface area contributed by atoms with Crippen LogP contribution in [0.5, 0.6) is 5.75 Å². The minimum atomic E-state index is -0.545. The first-order valence-corrected chi connectivity index (χ1v) is 3.73. The van der Waals surface area contributed by atoms with Gasteiger partial charge in [0.1, 0.15) is 10.6 Å². The van der Waals surface area contributed by atoms with Gasteiger partial charge in [-0.25, -0.2) is 5.48 Å². The van der Waals surface area contributed by atoms with E-state index in [0.29, 0.717) is 10.6 Å². The molecule has 5 heteroatoms. The molecule has 0 aliphatic carbocycles. The molecule has 0 bridgehead atoms. The highest BCUT2D eigenvalue weighted by Crippen LogP contribution is 2.23. The summed E-state index contributed by atoms with van der Waals surface area (Å²) in [7, 11) is 1.47. The first-order chi connectivity index (χ1) is 5.29. The van der Waals surface area contributed by atoms with Gasteiger partial charge < -0.3 is 4.74 Å². The van der Waals surface area contributed by atoms with Crippen LogP contribution in [0.3, 0.4) is 0 Å². The SMILES string of the molecule is COc1ccsc1C(=O)NO. The molecule has 0 aliphatic heterocycles. The van der Waals surface area contributed by atoms with Crippen molar-refractivity contribution in [1.29, 1.82) is 0 Å². The third-order valence-electron chi connectivity index (χ3n) is 1.16. The van der Waals surface area contributed by atoms with Gasteiger partial charge in [-0.15, -0.1) is 11.3 Å². The first-order valence-electron chi connectivity index (χ1n) is 2.85. The van der Waals surface area contributed by atoms with Crippen molar-refractivity contribution in [2.75, 3.05) is 7.11 Å². The lowest BCUT2D eigenvalue weighted by Crippen LogP contribution is -2.17. The molecule has 60 valence electrons. The Labute approximate surface area is 67.4 Å². The van der Waals surface area contributed by atoms with E-state index in [1.807, 2.05) is 0 Å². The quantitative estimate of drug-likeness (QED) is 0.515. The van der Waals surface area contributed by atoms with E-state index < -0.39 is 5.91 Å². The Morgan fingerprint density at radius 2 is 2.55 bits per heavy atom. The second kappa shape index (κ2) is 3.36. The van der Waals surface area contributed by atoms with Gasteiger partial charge in [0.05, 0.1) is 7.11 Å². The van der Waals surface area contributed by atoms with Crippen LogP contribution in [-0.2, 0) is 0 Å². The highest BCUT2D eigenvalue weighted by molar-refractivity contribution is 7.12. The standard InChI is InChI=1S/C6H7NO3S/c1-10-4-2-3-11-5(4)6(8)7-9/h2-3,9H,1H3,(H,7,8). The number of nitrogens with one attached hydrogen (secondary N) is 1. The number of carbonyl (C=O) groups is 1. The average molecular weight is 173 g/mol. The zero-order valence-corrected chi connectivity index (χ0v) is 6.64. The Balaban J connectivity index is 2.92. The van der Waals surface area contributed by atoms with Gasteiger partial charge in [-0.05, 0) is 11.4 Å². The van der Waals surface area contributed by atoms with E-state index in [9.17, 15) is 4.79 Å². The fraction of sp³-hybridized carbons (Fsp3) is 0.167. The van der Waals surface area contributed by atoms with Crippen LogP contribution >= 0.6 is 11.3 Å². The molecule has 0 aromatic carbocycles. The van der Waals surface area contributed by atoms with Gasteiger partial charge in [-0.2, -0.15) is 0 Å². The molecule has 1 aromatic heterocycles. The molecule has 0 unspecified atom stereocenters. The summed E-state index contributed by atoms with van der Waals surface area (Å²) in [6.45, 7) is 0. The lowest BCUT2D eigenvalue weighted by molar-refractivity contribution is 0.0708. The monoisotopic (exact) mass is 173 g/mol. The van der Waals surface area contributed by atoms with Crippen molar-refractivity contribution in [2.45, 2.75) is 0 Å². The van der Waals surface area contributed by atoms with Gasteiger partial charge in [0.2, 0.25) is 0 Å². The van der Waals surface area contributed by atoms with Crippen LogP contribution in [0.15, 0.2) is 11.4 Å². The maximum absolute atomic E-state index is 10.8. The van der Waals surface area contributed by atoms with Gasteiger partial charge in [0.25, 0.3) is 5.91 Å². The highest BCUT2D eigenvalue weighted by Gasteiger charge is 2.11. The fourth-order valence-corrected chi connectivity index (χ4v) is 1.42. The van der Waals surface area contributed by atoms with E-state index in [0.717, 1.165) is 0 Å². The number of rotatable bonds is 2. The molecule has 0 atom stereocenters. The van der Waals surface area contributed by atoms with Crippen LogP contribution in [0.1, 0.15) is 9.67 Å².